The van der Waals surface area contributed by atoms with Crippen LogP contribution in [0.1, 0.15) is 25.8 Å². The topological polar surface area (TPSA) is 46.6 Å². The normalized spacial score (nSPS) is 21.1. The van der Waals surface area contributed by atoms with Crippen LogP contribution in [0, 0.1) is 0 Å². The molecular formula is C16H23NO3S. The monoisotopic (exact) mass is 309 g/mol. The molecule has 1 fully saturated rings. The lowest BCUT2D eigenvalue weighted by molar-refractivity contribution is -0.131. The summed E-state index contributed by atoms with van der Waals surface area (Å²) in [5.41, 5.74) is 1.13. The Balaban J connectivity index is 1.88. The molecule has 1 aliphatic heterocycles. The molecule has 4 nitrogen and oxygen atoms in total. The highest BCUT2D eigenvalue weighted by Gasteiger charge is 2.34. The summed E-state index contributed by atoms with van der Waals surface area (Å²) in [7, 11) is 0.800. The Hall–Kier alpha value is -1.36. The highest BCUT2D eigenvalue weighted by atomic mass is 32.2. The Morgan fingerprint density at radius 1 is 1.33 bits per heavy atom. The maximum Gasteiger partial charge on any atom is 0.222 e. The van der Waals surface area contributed by atoms with E-state index in [4.69, 9.17) is 4.74 Å². The van der Waals surface area contributed by atoms with Crippen molar-refractivity contribution in [2.75, 3.05) is 26.0 Å². The first-order chi connectivity index (χ1) is 9.92. The van der Waals surface area contributed by atoms with Gasteiger partial charge in [0.25, 0.3) is 0 Å². The number of rotatable bonds is 4. The van der Waals surface area contributed by atoms with Crippen LogP contribution in [0.2, 0.25) is 0 Å². The van der Waals surface area contributed by atoms with E-state index in [0.717, 1.165) is 17.7 Å². The molecule has 1 heterocycles. The number of carbonyl (C=O) groups is 1. The van der Waals surface area contributed by atoms with Crippen LogP contribution in [-0.4, -0.2) is 45.7 Å². The third-order valence-electron chi connectivity index (χ3n) is 3.87. The van der Waals surface area contributed by atoms with Gasteiger partial charge in [0.15, 0.2) is 0 Å². The van der Waals surface area contributed by atoms with Gasteiger partial charge < -0.3 is 9.64 Å². The second-order valence-corrected chi connectivity index (χ2v) is 8.18. The Labute approximate surface area is 128 Å². The molecule has 0 bridgehead atoms. The zero-order valence-electron chi connectivity index (χ0n) is 12.9. The lowest BCUT2D eigenvalue weighted by Gasteiger charge is -2.37. The van der Waals surface area contributed by atoms with Crippen molar-refractivity contribution in [1.29, 1.82) is 0 Å². The predicted molar refractivity (Wildman–Crippen MR) is 85.0 cm³/mol. The fraction of sp³-hybridized carbons (Fsp3) is 0.562. The average Bonchev–Trinajstić information content (AvgIpc) is 2.48. The van der Waals surface area contributed by atoms with E-state index in [0.29, 0.717) is 25.3 Å². The van der Waals surface area contributed by atoms with Crippen LogP contribution in [0.25, 0.3) is 0 Å². The molecule has 5 heteroatoms. The zero-order chi connectivity index (χ0) is 15.5. The minimum Gasteiger partial charge on any atom is -0.497 e. The van der Waals surface area contributed by atoms with Gasteiger partial charge >= 0.3 is 0 Å². The molecule has 21 heavy (non-hydrogen) atoms. The fourth-order valence-electron chi connectivity index (χ4n) is 2.49. The number of aryl methyl sites for hydroxylation is 1. The molecule has 1 aromatic carbocycles. The van der Waals surface area contributed by atoms with E-state index in [1.54, 1.807) is 7.11 Å². The van der Waals surface area contributed by atoms with Crippen LogP contribution in [0.15, 0.2) is 24.3 Å². The van der Waals surface area contributed by atoms with Gasteiger partial charge in [-0.3, -0.25) is 9.00 Å². The number of hydrogen-bond donors (Lipinski definition) is 0. The van der Waals surface area contributed by atoms with Crippen molar-refractivity contribution >= 4 is 16.7 Å². The highest BCUT2D eigenvalue weighted by molar-refractivity contribution is 7.86. The summed E-state index contributed by atoms with van der Waals surface area (Å²) >= 11 is 0. The molecular weight excluding hydrogens is 286 g/mol. The molecule has 0 radical (unpaired) electrons. The summed E-state index contributed by atoms with van der Waals surface area (Å²) in [5.74, 6) is 1.56. The second-order valence-electron chi connectivity index (χ2n) is 5.97. The number of nitrogens with zero attached hydrogens (tertiary/aromatic N) is 1. The first-order valence-electron chi connectivity index (χ1n) is 7.21. The van der Waals surface area contributed by atoms with Crippen molar-refractivity contribution in [3.05, 3.63) is 29.8 Å². The molecule has 0 N–H and O–H groups in total. The van der Waals surface area contributed by atoms with Crippen molar-refractivity contribution in [2.24, 2.45) is 0 Å². The Kier molecular flexibility index (Phi) is 5.04. The van der Waals surface area contributed by atoms with Crippen LogP contribution >= 0.6 is 0 Å². The van der Waals surface area contributed by atoms with E-state index in [-0.39, 0.29) is 10.7 Å². The number of ether oxygens (including phenoxy) is 1. The lowest BCUT2D eigenvalue weighted by atomic mass is 10.1. The van der Waals surface area contributed by atoms with Gasteiger partial charge in [-0.1, -0.05) is 12.1 Å². The van der Waals surface area contributed by atoms with Gasteiger partial charge in [0.1, 0.15) is 5.75 Å². The SMILES string of the molecule is COc1ccc(CCC(=O)N2CC[S@](=O)C(C)(C)C2)cc1. The Morgan fingerprint density at radius 3 is 2.57 bits per heavy atom. The summed E-state index contributed by atoms with van der Waals surface area (Å²) in [6.45, 7) is 5.12. The maximum absolute atomic E-state index is 12.3. The van der Waals surface area contributed by atoms with Gasteiger partial charge in [-0.2, -0.15) is 0 Å². The van der Waals surface area contributed by atoms with Crippen molar-refractivity contribution < 1.29 is 13.7 Å². The maximum atomic E-state index is 12.3. The third kappa shape index (κ3) is 4.06. The molecule has 116 valence electrons. The molecule has 0 aromatic heterocycles. The van der Waals surface area contributed by atoms with Crippen LogP contribution in [0.4, 0.5) is 0 Å². The number of benzene rings is 1. The van der Waals surface area contributed by atoms with Crippen molar-refractivity contribution in [1.82, 2.24) is 4.90 Å². The van der Waals surface area contributed by atoms with Crippen molar-refractivity contribution in [2.45, 2.75) is 31.4 Å². The second kappa shape index (κ2) is 6.60. The van der Waals surface area contributed by atoms with E-state index >= 15 is 0 Å². The predicted octanol–water partition coefficient (Wildman–Crippen LogP) is 2.00. The smallest absolute Gasteiger partial charge is 0.222 e. The van der Waals surface area contributed by atoms with Gasteiger partial charge in [0, 0.05) is 36.1 Å². The first-order valence-corrected chi connectivity index (χ1v) is 8.53. The summed E-state index contributed by atoms with van der Waals surface area (Å²) in [6.07, 6.45) is 1.22. The third-order valence-corrected chi connectivity index (χ3v) is 5.79. The Bertz CT molecular complexity index is 525. The minimum atomic E-state index is -0.839. The van der Waals surface area contributed by atoms with Crippen LogP contribution in [0.5, 0.6) is 5.75 Å². The average molecular weight is 309 g/mol. The van der Waals surface area contributed by atoms with Crippen LogP contribution in [0.3, 0.4) is 0 Å². The summed E-state index contributed by atoms with van der Waals surface area (Å²) in [6, 6.07) is 7.79. The highest BCUT2D eigenvalue weighted by Crippen LogP contribution is 2.21. The van der Waals surface area contributed by atoms with Gasteiger partial charge in [-0.15, -0.1) is 0 Å². The van der Waals surface area contributed by atoms with Crippen LogP contribution in [-0.2, 0) is 22.0 Å². The summed E-state index contributed by atoms with van der Waals surface area (Å²) < 4.78 is 16.7. The molecule has 1 aromatic rings. The van der Waals surface area contributed by atoms with Crippen LogP contribution < -0.4 is 4.74 Å². The zero-order valence-corrected chi connectivity index (χ0v) is 13.7. The fourth-order valence-corrected chi connectivity index (χ4v) is 3.73. The molecule has 0 saturated carbocycles. The standard InChI is InChI=1S/C16H23NO3S/c1-16(2)12-17(10-11-21(16)19)15(18)9-6-13-4-7-14(20-3)8-5-13/h4-5,7-8H,6,9-12H2,1-3H3/t21-/m0/s1. The number of carbonyl (C=O) groups excluding carboxylic acids is 1. The molecule has 0 unspecified atom stereocenters. The molecule has 0 spiro atoms. The van der Waals surface area contributed by atoms with Gasteiger partial charge in [-0.05, 0) is 38.0 Å². The number of methoxy groups -OCH3 is 1. The lowest BCUT2D eigenvalue weighted by Crippen LogP contribution is -2.52. The summed E-state index contributed by atoms with van der Waals surface area (Å²) in [5, 5.41) is 0. The molecule has 0 aliphatic carbocycles. The molecule has 1 atom stereocenters. The van der Waals surface area contributed by atoms with Gasteiger partial charge in [0.05, 0.1) is 11.9 Å². The number of hydrogen-bond acceptors (Lipinski definition) is 3. The largest absolute Gasteiger partial charge is 0.497 e. The van der Waals surface area contributed by atoms with Gasteiger partial charge in [-0.25, -0.2) is 0 Å². The van der Waals surface area contributed by atoms with Crippen molar-refractivity contribution in [3.8, 4) is 5.75 Å². The quantitative estimate of drug-likeness (QED) is 0.854. The van der Waals surface area contributed by atoms with Crippen molar-refractivity contribution in [3.63, 3.8) is 0 Å². The number of amides is 1. The minimum absolute atomic E-state index is 0.149. The van der Waals surface area contributed by atoms with E-state index in [2.05, 4.69) is 0 Å². The van der Waals surface area contributed by atoms with E-state index < -0.39 is 10.8 Å². The van der Waals surface area contributed by atoms with E-state index in [9.17, 15) is 9.00 Å². The molecule has 1 amide bonds. The first kappa shape index (κ1) is 16.0. The van der Waals surface area contributed by atoms with Gasteiger partial charge in [0.2, 0.25) is 5.91 Å². The molecule has 1 saturated heterocycles. The Morgan fingerprint density at radius 2 is 2.00 bits per heavy atom. The molecule has 2 rings (SSSR count). The molecule has 1 aliphatic rings. The van der Waals surface area contributed by atoms with E-state index in [1.807, 2.05) is 43.0 Å². The summed E-state index contributed by atoms with van der Waals surface area (Å²) in [4.78, 5) is 14.1. The van der Waals surface area contributed by atoms with E-state index in [1.165, 1.54) is 0 Å².